The number of nitrogens with zero attached hydrogens (tertiary/aromatic N) is 1. The highest BCUT2D eigenvalue weighted by Gasteiger charge is 2.33. The summed E-state index contributed by atoms with van der Waals surface area (Å²) in [4.78, 5) is 15.2. The van der Waals surface area contributed by atoms with Crippen molar-refractivity contribution in [1.29, 1.82) is 0 Å². The van der Waals surface area contributed by atoms with E-state index in [1.54, 1.807) is 6.07 Å². The third kappa shape index (κ3) is 4.16. The molecule has 0 fully saturated rings. The molecule has 0 atom stereocenters. The molecule has 3 aromatic carbocycles. The predicted molar refractivity (Wildman–Crippen MR) is 126 cm³/mol. The zero-order valence-corrected chi connectivity index (χ0v) is 18.7. The van der Waals surface area contributed by atoms with Crippen LogP contribution in [0.4, 0.5) is 0 Å². The van der Waals surface area contributed by atoms with Gasteiger partial charge in [-0.25, -0.2) is 0 Å². The van der Waals surface area contributed by atoms with Crippen molar-refractivity contribution in [3.05, 3.63) is 99.3 Å². The molecule has 2 heterocycles. The van der Waals surface area contributed by atoms with Crippen molar-refractivity contribution in [1.82, 2.24) is 4.90 Å². The number of hydrogen-bond donors (Lipinski definition) is 0. The first-order valence-corrected chi connectivity index (χ1v) is 11.3. The molecule has 0 unspecified atom stereocenters. The maximum absolute atomic E-state index is 13.0. The van der Waals surface area contributed by atoms with Crippen molar-refractivity contribution in [2.75, 3.05) is 13.3 Å². The summed E-state index contributed by atoms with van der Waals surface area (Å²) in [6, 6.07) is 19.8. The van der Waals surface area contributed by atoms with E-state index in [1.165, 1.54) is 11.1 Å². The maximum Gasteiger partial charge on any atom is 0.231 e. The molecular formula is C27H24ClNO3. The minimum atomic E-state index is -0.0827. The van der Waals surface area contributed by atoms with Crippen LogP contribution in [0, 0.1) is 0 Å². The fourth-order valence-corrected chi connectivity index (χ4v) is 4.21. The van der Waals surface area contributed by atoms with E-state index in [4.69, 9.17) is 21.1 Å². The van der Waals surface area contributed by atoms with Crippen LogP contribution in [0.2, 0.25) is 5.02 Å². The number of allylic oxidation sites excluding steroid dienone is 1. The first kappa shape index (κ1) is 20.8. The van der Waals surface area contributed by atoms with E-state index in [1.807, 2.05) is 48.5 Å². The van der Waals surface area contributed by atoms with Crippen LogP contribution in [-0.4, -0.2) is 24.0 Å². The largest absolute Gasteiger partial charge is 0.478 e. The number of ether oxygens (including phenoxy) is 2. The summed E-state index contributed by atoms with van der Waals surface area (Å²) in [6.07, 6.45) is 3.69. The Balaban J connectivity index is 1.34. The monoisotopic (exact) mass is 445 g/mol. The quantitative estimate of drug-likeness (QED) is 0.457. The number of fused-ring (bicyclic) bond motifs is 3. The number of rotatable bonds is 5. The standard InChI is InChI=1S/C27H24ClNO3/c1-2-18-3-5-20(6-4-18)15-25-26(30)22-11-12-24-23(27(22)32-25)16-29(17-31-24)14-13-19-7-9-21(28)10-8-19/h3-12,15H,2,13-14,16-17H2,1H3/b25-15-. The molecule has 0 saturated carbocycles. The Morgan fingerprint density at radius 2 is 1.75 bits per heavy atom. The van der Waals surface area contributed by atoms with Crippen LogP contribution in [0.3, 0.4) is 0 Å². The molecule has 0 bridgehead atoms. The van der Waals surface area contributed by atoms with E-state index < -0.39 is 0 Å². The van der Waals surface area contributed by atoms with E-state index in [0.717, 1.165) is 41.3 Å². The lowest BCUT2D eigenvalue weighted by Crippen LogP contribution is -2.33. The van der Waals surface area contributed by atoms with Gasteiger partial charge in [0.1, 0.15) is 18.2 Å². The van der Waals surface area contributed by atoms with Gasteiger partial charge >= 0.3 is 0 Å². The van der Waals surface area contributed by atoms with E-state index in [9.17, 15) is 4.79 Å². The number of halogens is 1. The van der Waals surface area contributed by atoms with Gasteiger partial charge in [-0.15, -0.1) is 0 Å². The summed E-state index contributed by atoms with van der Waals surface area (Å²) in [5.41, 5.74) is 4.97. The lowest BCUT2D eigenvalue weighted by Gasteiger charge is -2.29. The van der Waals surface area contributed by atoms with Crippen molar-refractivity contribution in [2.45, 2.75) is 26.3 Å². The molecule has 32 heavy (non-hydrogen) atoms. The third-order valence-corrected chi connectivity index (χ3v) is 6.25. The highest BCUT2D eigenvalue weighted by atomic mass is 35.5. The van der Waals surface area contributed by atoms with Gasteiger partial charge in [0, 0.05) is 18.1 Å². The Morgan fingerprint density at radius 1 is 1.00 bits per heavy atom. The number of hydrogen-bond acceptors (Lipinski definition) is 4. The number of Topliss-reactive ketones (excluding diaryl/α,β-unsaturated/α-hetero) is 1. The summed E-state index contributed by atoms with van der Waals surface area (Å²) in [5, 5.41) is 0.742. The van der Waals surface area contributed by atoms with Gasteiger partial charge in [-0.05, 0) is 59.9 Å². The van der Waals surface area contributed by atoms with Gasteiger partial charge in [0.25, 0.3) is 0 Å². The Kier molecular flexibility index (Phi) is 5.73. The zero-order chi connectivity index (χ0) is 22.1. The van der Waals surface area contributed by atoms with Crippen LogP contribution in [-0.2, 0) is 19.4 Å². The van der Waals surface area contributed by atoms with Crippen LogP contribution in [0.5, 0.6) is 11.5 Å². The summed E-state index contributed by atoms with van der Waals surface area (Å²) in [6.45, 7) is 4.15. The molecule has 4 nitrogen and oxygen atoms in total. The molecule has 0 radical (unpaired) electrons. The number of ketones is 1. The summed E-state index contributed by atoms with van der Waals surface area (Å²) < 4.78 is 12.1. The van der Waals surface area contributed by atoms with E-state index >= 15 is 0 Å². The van der Waals surface area contributed by atoms with Gasteiger partial charge in [0.15, 0.2) is 5.76 Å². The Labute approximate surface area is 193 Å². The second kappa shape index (κ2) is 8.81. The van der Waals surface area contributed by atoms with Crippen molar-refractivity contribution >= 4 is 23.5 Å². The Bertz CT molecular complexity index is 1180. The molecule has 2 aliphatic heterocycles. The van der Waals surface area contributed by atoms with E-state index in [0.29, 0.717) is 30.3 Å². The summed E-state index contributed by atoms with van der Waals surface area (Å²) in [5.74, 6) is 1.68. The molecule has 162 valence electrons. The fraction of sp³-hybridized carbons (Fsp3) is 0.222. The molecule has 0 saturated heterocycles. The first-order chi connectivity index (χ1) is 15.6. The third-order valence-electron chi connectivity index (χ3n) is 6.00. The summed E-state index contributed by atoms with van der Waals surface area (Å²) in [7, 11) is 0. The number of aryl methyl sites for hydroxylation is 1. The van der Waals surface area contributed by atoms with Crippen molar-refractivity contribution in [3.8, 4) is 11.5 Å². The molecule has 5 rings (SSSR count). The van der Waals surface area contributed by atoms with Crippen LogP contribution < -0.4 is 9.47 Å². The number of benzene rings is 3. The predicted octanol–water partition coefficient (Wildman–Crippen LogP) is 5.91. The van der Waals surface area contributed by atoms with Crippen molar-refractivity contribution in [3.63, 3.8) is 0 Å². The van der Waals surface area contributed by atoms with Gasteiger partial charge < -0.3 is 9.47 Å². The van der Waals surface area contributed by atoms with Gasteiger partial charge in [-0.1, -0.05) is 54.9 Å². The van der Waals surface area contributed by atoms with Crippen LogP contribution in [0.25, 0.3) is 6.08 Å². The van der Waals surface area contributed by atoms with E-state index in [2.05, 4.69) is 24.0 Å². The average molecular weight is 446 g/mol. The highest BCUT2D eigenvalue weighted by Crippen LogP contribution is 2.42. The molecule has 5 heteroatoms. The minimum Gasteiger partial charge on any atom is -0.478 e. The Hall–Kier alpha value is -3.08. The molecule has 0 aromatic heterocycles. The van der Waals surface area contributed by atoms with Crippen LogP contribution in [0.15, 0.2) is 66.4 Å². The molecule has 0 N–H and O–H groups in total. The minimum absolute atomic E-state index is 0.0827. The highest BCUT2D eigenvalue weighted by molar-refractivity contribution is 6.30. The second-order valence-corrected chi connectivity index (χ2v) is 8.59. The molecular weight excluding hydrogens is 422 g/mol. The zero-order valence-electron chi connectivity index (χ0n) is 17.9. The number of carbonyl (C=O) groups excluding carboxylic acids is 1. The van der Waals surface area contributed by atoms with Gasteiger partial charge in [-0.2, -0.15) is 0 Å². The smallest absolute Gasteiger partial charge is 0.231 e. The second-order valence-electron chi connectivity index (χ2n) is 8.16. The molecule has 0 amide bonds. The molecule has 0 aliphatic carbocycles. The maximum atomic E-state index is 13.0. The van der Waals surface area contributed by atoms with Crippen LogP contribution >= 0.6 is 11.6 Å². The van der Waals surface area contributed by atoms with Gasteiger partial charge in [0.2, 0.25) is 5.78 Å². The normalized spacial score (nSPS) is 16.4. The molecule has 3 aromatic rings. The van der Waals surface area contributed by atoms with E-state index in [-0.39, 0.29) is 5.78 Å². The average Bonchev–Trinajstić information content (AvgIpc) is 3.14. The lowest BCUT2D eigenvalue weighted by atomic mass is 10.0. The van der Waals surface area contributed by atoms with Gasteiger partial charge in [-0.3, -0.25) is 9.69 Å². The lowest BCUT2D eigenvalue weighted by molar-refractivity contribution is 0.0950. The van der Waals surface area contributed by atoms with Crippen molar-refractivity contribution < 1.29 is 14.3 Å². The SMILES string of the molecule is CCc1ccc(/C=C2\Oc3c(ccc4c3CN(CCc3ccc(Cl)cc3)CO4)C2=O)cc1. The molecule has 0 spiro atoms. The molecule has 2 aliphatic rings. The van der Waals surface area contributed by atoms with Gasteiger partial charge in [0.05, 0.1) is 11.1 Å². The van der Waals surface area contributed by atoms with Crippen LogP contribution in [0.1, 0.15) is 39.5 Å². The fourth-order valence-electron chi connectivity index (χ4n) is 4.09. The topological polar surface area (TPSA) is 38.8 Å². The summed E-state index contributed by atoms with van der Waals surface area (Å²) >= 11 is 5.98. The number of carbonyl (C=O) groups is 1. The van der Waals surface area contributed by atoms with Crippen molar-refractivity contribution in [2.24, 2.45) is 0 Å². The Morgan fingerprint density at radius 3 is 2.50 bits per heavy atom. The first-order valence-electron chi connectivity index (χ1n) is 10.9.